The van der Waals surface area contributed by atoms with Crippen LogP contribution in [0.1, 0.15) is 72.1 Å². The molecule has 24 heavy (non-hydrogen) atoms. The molecule has 0 aromatic rings. The van der Waals surface area contributed by atoms with Gasteiger partial charge in [0.2, 0.25) is 0 Å². The smallest absolute Gasteiger partial charge is 0.133 e. The standard InChI is InChI=1S/C22H32O2/c1-13(23)15-6-7-16-14-4-5-18-19-12-22(19,24)11-10-21(18,3)17(14)8-9-20(15,16)2/h8,14-16,18-19,24H,4-7,9-12H2,1-3H3/t14-,15+,16?,18-,19?,20+,21+,22-/m0/s1. The summed E-state index contributed by atoms with van der Waals surface area (Å²) < 4.78 is 0. The molecule has 0 aromatic carbocycles. The van der Waals surface area contributed by atoms with Crippen LogP contribution in [0, 0.1) is 40.4 Å². The Kier molecular flexibility index (Phi) is 2.96. The summed E-state index contributed by atoms with van der Waals surface area (Å²) in [4.78, 5) is 12.2. The fourth-order valence-corrected chi connectivity index (χ4v) is 8.07. The molecule has 0 bridgehead atoms. The van der Waals surface area contributed by atoms with Crippen LogP contribution in [0.15, 0.2) is 11.6 Å². The van der Waals surface area contributed by atoms with E-state index in [1.807, 2.05) is 6.92 Å². The minimum absolute atomic E-state index is 0.207. The molecule has 8 atom stereocenters. The Bertz CT molecular complexity index is 636. The molecule has 0 spiro atoms. The van der Waals surface area contributed by atoms with Crippen LogP contribution in [-0.4, -0.2) is 16.5 Å². The van der Waals surface area contributed by atoms with Crippen molar-refractivity contribution >= 4 is 5.78 Å². The van der Waals surface area contributed by atoms with Crippen LogP contribution < -0.4 is 0 Å². The third-order valence-corrected chi connectivity index (χ3v) is 9.48. The number of hydrogen-bond acceptors (Lipinski definition) is 2. The molecule has 0 aromatic heterocycles. The third-order valence-electron chi connectivity index (χ3n) is 9.48. The van der Waals surface area contributed by atoms with Gasteiger partial charge in [-0.15, -0.1) is 0 Å². The van der Waals surface area contributed by atoms with E-state index in [4.69, 9.17) is 0 Å². The zero-order chi connectivity index (χ0) is 16.9. The zero-order valence-electron chi connectivity index (χ0n) is 15.5. The number of allylic oxidation sites excluding steroid dienone is 2. The van der Waals surface area contributed by atoms with Gasteiger partial charge in [-0.2, -0.15) is 0 Å². The average Bonchev–Trinajstić information content (AvgIpc) is 3.07. The van der Waals surface area contributed by atoms with Crippen LogP contribution in [0.3, 0.4) is 0 Å². The van der Waals surface area contributed by atoms with Gasteiger partial charge in [-0.05, 0) is 92.8 Å². The Hall–Kier alpha value is -0.630. The summed E-state index contributed by atoms with van der Waals surface area (Å²) in [5.74, 6) is 3.39. The van der Waals surface area contributed by atoms with Crippen molar-refractivity contribution in [3.05, 3.63) is 11.6 Å². The molecule has 2 heteroatoms. The Balaban J connectivity index is 1.51. The van der Waals surface area contributed by atoms with E-state index >= 15 is 0 Å². The monoisotopic (exact) mass is 328 g/mol. The molecule has 0 radical (unpaired) electrons. The molecule has 4 fully saturated rings. The minimum atomic E-state index is -0.298. The van der Waals surface area contributed by atoms with Crippen LogP contribution >= 0.6 is 0 Å². The summed E-state index contributed by atoms with van der Waals surface area (Å²) in [6.07, 6.45) is 11.9. The molecule has 2 nitrogen and oxygen atoms in total. The number of carbonyl (C=O) groups excluding carboxylic acids is 1. The number of Topliss-reactive ketones (excluding diaryl/α,β-unsaturated/α-hetero) is 1. The van der Waals surface area contributed by atoms with Gasteiger partial charge in [-0.3, -0.25) is 4.79 Å². The molecule has 5 rings (SSSR count). The van der Waals surface area contributed by atoms with E-state index in [1.54, 1.807) is 5.57 Å². The van der Waals surface area contributed by atoms with Gasteiger partial charge >= 0.3 is 0 Å². The fraction of sp³-hybridized carbons (Fsp3) is 0.864. The summed E-state index contributed by atoms with van der Waals surface area (Å²) in [6, 6.07) is 0. The third kappa shape index (κ3) is 1.74. The second kappa shape index (κ2) is 4.55. The first-order valence-corrected chi connectivity index (χ1v) is 10.2. The first-order chi connectivity index (χ1) is 11.3. The van der Waals surface area contributed by atoms with Gasteiger partial charge in [0, 0.05) is 5.92 Å². The first-order valence-electron chi connectivity index (χ1n) is 10.2. The lowest BCUT2D eigenvalue weighted by Gasteiger charge is -2.56. The van der Waals surface area contributed by atoms with Gasteiger partial charge in [0.05, 0.1) is 5.60 Å². The molecule has 0 aliphatic heterocycles. The van der Waals surface area contributed by atoms with Gasteiger partial charge in [0.1, 0.15) is 5.78 Å². The Morgan fingerprint density at radius 3 is 2.58 bits per heavy atom. The molecule has 132 valence electrons. The largest absolute Gasteiger partial charge is 0.390 e. The van der Waals surface area contributed by atoms with Crippen molar-refractivity contribution in [2.45, 2.75) is 77.7 Å². The van der Waals surface area contributed by atoms with Crippen molar-refractivity contribution in [2.75, 3.05) is 0 Å². The minimum Gasteiger partial charge on any atom is -0.390 e. The van der Waals surface area contributed by atoms with E-state index in [2.05, 4.69) is 19.9 Å². The Morgan fingerprint density at radius 2 is 1.83 bits per heavy atom. The lowest BCUT2D eigenvalue weighted by molar-refractivity contribution is -0.124. The summed E-state index contributed by atoms with van der Waals surface area (Å²) in [7, 11) is 0. The predicted octanol–water partition coefficient (Wildman–Crippen LogP) is 4.52. The molecule has 5 aliphatic carbocycles. The lowest BCUT2D eigenvalue weighted by atomic mass is 9.48. The number of hydrogen-bond donors (Lipinski definition) is 1. The molecule has 0 saturated heterocycles. The second-order valence-corrected chi connectivity index (χ2v) is 10.3. The number of fused-ring (bicyclic) bond motifs is 7. The van der Waals surface area contributed by atoms with Gasteiger partial charge in [0.15, 0.2) is 0 Å². The number of rotatable bonds is 1. The molecule has 2 unspecified atom stereocenters. The zero-order valence-corrected chi connectivity index (χ0v) is 15.5. The second-order valence-electron chi connectivity index (χ2n) is 10.3. The topological polar surface area (TPSA) is 37.3 Å². The van der Waals surface area contributed by atoms with E-state index in [0.717, 1.165) is 25.7 Å². The predicted molar refractivity (Wildman–Crippen MR) is 94.3 cm³/mol. The van der Waals surface area contributed by atoms with E-state index < -0.39 is 0 Å². The van der Waals surface area contributed by atoms with Crippen LogP contribution in [0.5, 0.6) is 0 Å². The maximum absolute atomic E-state index is 12.2. The quantitative estimate of drug-likeness (QED) is 0.719. The molecular formula is C22H32O2. The Labute approximate surface area is 146 Å². The number of aliphatic hydroxyl groups is 1. The van der Waals surface area contributed by atoms with Crippen LogP contribution in [-0.2, 0) is 4.79 Å². The van der Waals surface area contributed by atoms with Gasteiger partial charge in [-0.1, -0.05) is 25.5 Å². The maximum atomic E-state index is 12.2. The molecule has 0 heterocycles. The van der Waals surface area contributed by atoms with Crippen molar-refractivity contribution in [2.24, 2.45) is 40.4 Å². The molecule has 0 amide bonds. The van der Waals surface area contributed by atoms with Crippen molar-refractivity contribution in [1.82, 2.24) is 0 Å². The van der Waals surface area contributed by atoms with Crippen molar-refractivity contribution in [1.29, 1.82) is 0 Å². The van der Waals surface area contributed by atoms with Crippen LogP contribution in [0.25, 0.3) is 0 Å². The van der Waals surface area contributed by atoms with Crippen LogP contribution in [0.4, 0.5) is 0 Å². The first kappa shape index (κ1) is 15.6. The molecule has 1 N–H and O–H groups in total. The highest BCUT2D eigenvalue weighted by Gasteiger charge is 2.67. The van der Waals surface area contributed by atoms with E-state index in [-0.39, 0.29) is 16.9 Å². The SMILES string of the molecule is CC(=O)[C@H]1CCC2[C@@H]3CC[C@H]4C5C[C@@]5(O)CC[C@]4(C)C3=CC[C@@]21C. The highest BCUT2D eigenvalue weighted by atomic mass is 16.3. The molecular weight excluding hydrogens is 296 g/mol. The summed E-state index contributed by atoms with van der Waals surface area (Å²) in [6.45, 7) is 6.72. The van der Waals surface area contributed by atoms with Gasteiger partial charge in [0.25, 0.3) is 0 Å². The van der Waals surface area contributed by atoms with E-state index in [1.165, 1.54) is 25.7 Å². The molecule has 4 saturated carbocycles. The number of ketones is 1. The summed E-state index contributed by atoms with van der Waals surface area (Å²) >= 11 is 0. The van der Waals surface area contributed by atoms with E-state index in [9.17, 15) is 9.90 Å². The highest BCUT2D eigenvalue weighted by molar-refractivity contribution is 5.79. The average molecular weight is 328 g/mol. The fourth-order valence-electron chi connectivity index (χ4n) is 8.07. The summed E-state index contributed by atoms with van der Waals surface area (Å²) in [5, 5.41) is 10.6. The number of carbonyl (C=O) groups is 1. The highest BCUT2D eigenvalue weighted by Crippen LogP contribution is 2.71. The lowest BCUT2D eigenvalue weighted by Crippen LogP contribution is -2.49. The van der Waals surface area contributed by atoms with Crippen molar-refractivity contribution in [3.63, 3.8) is 0 Å². The normalized spacial score (nSPS) is 58.0. The van der Waals surface area contributed by atoms with Crippen molar-refractivity contribution in [3.8, 4) is 0 Å². The Morgan fingerprint density at radius 1 is 1.08 bits per heavy atom. The van der Waals surface area contributed by atoms with Gasteiger partial charge in [-0.25, -0.2) is 0 Å². The van der Waals surface area contributed by atoms with E-state index in [0.29, 0.717) is 34.9 Å². The van der Waals surface area contributed by atoms with Crippen LogP contribution in [0.2, 0.25) is 0 Å². The summed E-state index contributed by atoms with van der Waals surface area (Å²) in [5.41, 5.74) is 1.97. The van der Waals surface area contributed by atoms with Gasteiger partial charge < -0.3 is 5.11 Å². The van der Waals surface area contributed by atoms with Crippen molar-refractivity contribution < 1.29 is 9.90 Å². The molecule has 5 aliphatic rings. The maximum Gasteiger partial charge on any atom is 0.133 e.